The van der Waals surface area contributed by atoms with Crippen LogP contribution in [0.4, 0.5) is 5.69 Å². The Kier molecular flexibility index (Phi) is 5.00. The zero-order chi connectivity index (χ0) is 17.9. The number of benzene rings is 1. The average Bonchev–Trinajstić information content (AvgIpc) is 3.09. The standard InChI is InChI=1S/C17H20N2O6/c1-23-16(22)12-4-2-3-5-13(12)18-14(20)15(21)19-8-6-17(7-9-19)24-10-11-25-17/h2-5H,6-11H2,1H3,(H,18,20). The fourth-order valence-electron chi connectivity index (χ4n) is 3.04. The van der Waals surface area contributed by atoms with Crippen molar-refractivity contribution in [3.8, 4) is 0 Å². The number of hydrogen-bond donors (Lipinski definition) is 1. The second-order valence-corrected chi connectivity index (χ2v) is 5.89. The topological polar surface area (TPSA) is 94.2 Å². The van der Waals surface area contributed by atoms with E-state index in [0.29, 0.717) is 39.1 Å². The largest absolute Gasteiger partial charge is 0.465 e. The SMILES string of the molecule is COC(=O)c1ccccc1NC(=O)C(=O)N1CCC2(CC1)OCCO2. The van der Waals surface area contributed by atoms with Gasteiger partial charge in [0.25, 0.3) is 0 Å². The molecule has 0 aromatic heterocycles. The molecule has 0 radical (unpaired) electrons. The summed E-state index contributed by atoms with van der Waals surface area (Å²) >= 11 is 0. The Hall–Kier alpha value is -2.45. The number of ether oxygens (including phenoxy) is 3. The predicted molar refractivity (Wildman–Crippen MR) is 86.9 cm³/mol. The van der Waals surface area contributed by atoms with Crippen LogP contribution in [0.1, 0.15) is 23.2 Å². The Morgan fingerprint density at radius 3 is 2.40 bits per heavy atom. The number of anilines is 1. The minimum absolute atomic E-state index is 0.191. The van der Waals surface area contributed by atoms with Crippen LogP contribution in [0, 0.1) is 0 Å². The summed E-state index contributed by atoms with van der Waals surface area (Å²) in [6, 6.07) is 6.37. The van der Waals surface area contributed by atoms with E-state index in [1.165, 1.54) is 18.1 Å². The molecule has 8 nitrogen and oxygen atoms in total. The van der Waals surface area contributed by atoms with Crippen molar-refractivity contribution in [1.82, 2.24) is 4.90 Å². The Morgan fingerprint density at radius 1 is 1.12 bits per heavy atom. The molecule has 1 aromatic carbocycles. The van der Waals surface area contributed by atoms with E-state index in [4.69, 9.17) is 9.47 Å². The van der Waals surface area contributed by atoms with Gasteiger partial charge in [0.2, 0.25) is 0 Å². The molecule has 2 amide bonds. The fraction of sp³-hybridized carbons (Fsp3) is 0.471. The molecule has 1 spiro atoms. The molecule has 0 atom stereocenters. The molecule has 2 fully saturated rings. The third-order valence-electron chi connectivity index (χ3n) is 4.40. The minimum Gasteiger partial charge on any atom is -0.465 e. The molecule has 0 bridgehead atoms. The van der Waals surface area contributed by atoms with Gasteiger partial charge in [-0.25, -0.2) is 4.79 Å². The molecule has 25 heavy (non-hydrogen) atoms. The fourth-order valence-corrected chi connectivity index (χ4v) is 3.04. The summed E-state index contributed by atoms with van der Waals surface area (Å²) in [6.45, 7) is 1.87. The number of carbonyl (C=O) groups is 3. The van der Waals surface area contributed by atoms with Crippen molar-refractivity contribution in [3.05, 3.63) is 29.8 Å². The van der Waals surface area contributed by atoms with Crippen LogP contribution in [0.15, 0.2) is 24.3 Å². The first-order valence-electron chi connectivity index (χ1n) is 8.10. The summed E-state index contributed by atoms with van der Waals surface area (Å²) in [5.74, 6) is -2.63. The van der Waals surface area contributed by atoms with Crippen LogP contribution in [0.5, 0.6) is 0 Å². The molecular formula is C17H20N2O6. The van der Waals surface area contributed by atoms with Gasteiger partial charge >= 0.3 is 17.8 Å². The Bertz CT molecular complexity index is 673. The van der Waals surface area contributed by atoms with Crippen LogP contribution >= 0.6 is 0 Å². The van der Waals surface area contributed by atoms with Crippen molar-refractivity contribution in [2.45, 2.75) is 18.6 Å². The molecule has 134 valence electrons. The number of rotatable bonds is 2. The summed E-state index contributed by atoms with van der Waals surface area (Å²) in [5, 5.41) is 2.49. The van der Waals surface area contributed by atoms with Crippen molar-refractivity contribution >= 4 is 23.5 Å². The number of amides is 2. The van der Waals surface area contributed by atoms with Gasteiger partial charge in [-0.15, -0.1) is 0 Å². The maximum absolute atomic E-state index is 12.4. The van der Waals surface area contributed by atoms with Crippen LogP contribution in [0.25, 0.3) is 0 Å². The summed E-state index contributed by atoms with van der Waals surface area (Å²) < 4.78 is 15.9. The maximum atomic E-state index is 12.4. The van der Waals surface area contributed by atoms with E-state index < -0.39 is 23.6 Å². The second-order valence-electron chi connectivity index (χ2n) is 5.89. The number of piperidine rings is 1. The maximum Gasteiger partial charge on any atom is 0.339 e. The Labute approximate surface area is 145 Å². The highest BCUT2D eigenvalue weighted by molar-refractivity contribution is 6.39. The van der Waals surface area contributed by atoms with E-state index in [9.17, 15) is 14.4 Å². The molecule has 2 aliphatic rings. The van der Waals surface area contributed by atoms with Crippen LogP contribution in [-0.4, -0.2) is 61.9 Å². The third-order valence-corrected chi connectivity index (χ3v) is 4.40. The number of nitrogens with one attached hydrogen (secondary N) is 1. The molecule has 0 saturated carbocycles. The van der Waals surface area contributed by atoms with Crippen molar-refractivity contribution in [3.63, 3.8) is 0 Å². The van der Waals surface area contributed by atoms with Crippen LogP contribution in [0.2, 0.25) is 0 Å². The van der Waals surface area contributed by atoms with E-state index in [0.717, 1.165) is 0 Å². The molecule has 0 aliphatic carbocycles. The van der Waals surface area contributed by atoms with Gasteiger partial charge in [0.15, 0.2) is 5.79 Å². The number of esters is 1. The molecule has 1 aromatic rings. The molecule has 3 rings (SSSR count). The van der Waals surface area contributed by atoms with Crippen molar-refractivity contribution in [2.75, 3.05) is 38.7 Å². The first-order valence-corrected chi connectivity index (χ1v) is 8.10. The van der Waals surface area contributed by atoms with Gasteiger partial charge in [0.05, 0.1) is 31.6 Å². The van der Waals surface area contributed by atoms with Gasteiger partial charge in [0, 0.05) is 25.9 Å². The third kappa shape index (κ3) is 3.64. The molecular weight excluding hydrogens is 328 g/mol. The summed E-state index contributed by atoms with van der Waals surface area (Å²) in [4.78, 5) is 37.8. The first-order chi connectivity index (χ1) is 12.0. The monoisotopic (exact) mass is 348 g/mol. The molecule has 2 saturated heterocycles. The lowest BCUT2D eigenvalue weighted by Gasteiger charge is -2.37. The highest BCUT2D eigenvalue weighted by Crippen LogP contribution is 2.31. The lowest BCUT2D eigenvalue weighted by atomic mass is 10.0. The van der Waals surface area contributed by atoms with E-state index in [-0.39, 0.29) is 11.3 Å². The first kappa shape index (κ1) is 17.4. The van der Waals surface area contributed by atoms with Gasteiger partial charge in [-0.1, -0.05) is 12.1 Å². The van der Waals surface area contributed by atoms with Crippen LogP contribution in [0.3, 0.4) is 0 Å². The number of likely N-dealkylation sites (tertiary alicyclic amines) is 1. The normalized spacial score (nSPS) is 18.8. The number of methoxy groups -OCH3 is 1. The van der Waals surface area contributed by atoms with Crippen molar-refractivity contribution < 1.29 is 28.6 Å². The zero-order valence-electron chi connectivity index (χ0n) is 13.9. The highest BCUT2D eigenvalue weighted by atomic mass is 16.7. The number of hydrogen-bond acceptors (Lipinski definition) is 6. The van der Waals surface area contributed by atoms with E-state index in [1.807, 2.05) is 0 Å². The molecule has 2 aliphatic heterocycles. The van der Waals surface area contributed by atoms with Crippen LogP contribution in [-0.2, 0) is 23.8 Å². The molecule has 2 heterocycles. The van der Waals surface area contributed by atoms with Gasteiger partial charge in [-0.2, -0.15) is 0 Å². The highest BCUT2D eigenvalue weighted by Gasteiger charge is 2.41. The number of nitrogens with zero attached hydrogens (tertiary/aromatic N) is 1. The van der Waals surface area contributed by atoms with Crippen molar-refractivity contribution in [1.29, 1.82) is 0 Å². The van der Waals surface area contributed by atoms with Gasteiger partial charge in [-0.05, 0) is 12.1 Å². The smallest absolute Gasteiger partial charge is 0.339 e. The predicted octanol–water partition coefficient (Wildman–Crippen LogP) is 0.777. The van der Waals surface area contributed by atoms with E-state index in [2.05, 4.69) is 10.1 Å². The summed E-state index contributed by atoms with van der Waals surface area (Å²) in [7, 11) is 1.25. The molecule has 0 unspecified atom stereocenters. The zero-order valence-corrected chi connectivity index (χ0v) is 13.9. The van der Waals surface area contributed by atoms with E-state index in [1.54, 1.807) is 18.2 Å². The summed E-state index contributed by atoms with van der Waals surface area (Å²) in [5.41, 5.74) is 0.431. The number of para-hydroxylation sites is 1. The minimum atomic E-state index is -0.791. The Morgan fingerprint density at radius 2 is 1.76 bits per heavy atom. The van der Waals surface area contributed by atoms with Gasteiger partial charge < -0.3 is 24.4 Å². The average molecular weight is 348 g/mol. The van der Waals surface area contributed by atoms with E-state index >= 15 is 0 Å². The van der Waals surface area contributed by atoms with Crippen LogP contribution < -0.4 is 5.32 Å². The molecule has 8 heteroatoms. The van der Waals surface area contributed by atoms with Gasteiger partial charge in [0.1, 0.15) is 0 Å². The quantitative estimate of drug-likeness (QED) is 0.627. The second kappa shape index (κ2) is 7.20. The number of carbonyl (C=O) groups excluding carboxylic acids is 3. The lowest BCUT2D eigenvalue weighted by molar-refractivity contribution is -0.187. The molecule has 1 N–H and O–H groups in total. The Balaban J connectivity index is 1.62. The van der Waals surface area contributed by atoms with Crippen molar-refractivity contribution in [2.24, 2.45) is 0 Å². The summed E-state index contributed by atoms with van der Waals surface area (Å²) in [6.07, 6.45) is 1.07. The van der Waals surface area contributed by atoms with Gasteiger partial charge in [-0.3, -0.25) is 9.59 Å². The lowest BCUT2D eigenvalue weighted by Crippen LogP contribution is -2.50.